The molecule has 3 rings (SSSR count). The van der Waals surface area contributed by atoms with Gasteiger partial charge in [-0.25, -0.2) is 4.39 Å². The van der Waals surface area contributed by atoms with E-state index in [2.05, 4.69) is 35.0 Å². The van der Waals surface area contributed by atoms with Gasteiger partial charge in [-0.1, -0.05) is 13.0 Å². The Hall–Kier alpha value is -0.165. The van der Waals surface area contributed by atoms with Gasteiger partial charge in [-0.3, -0.25) is 0 Å². The van der Waals surface area contributed by atoms with Crippen LogP contribution >= 0.6 is 27.3 Å². The summed E-state index contributed by atoms with van der Waals surface area (Å²) in [6.45, 7) is 9.93. The van der Waals surface area contributed by atoms with Gasteiger partial charge in [-0.05, 0) is 68.1 Å². The highest BCUT2D eigenvalue weighted by atomic mass is 79.9. The van der Waals surface area contributed by atoms with Crippen LogP contribution in [0.15, 0.2) is 27.7 Å². The zero-order valence-electron chi connectivity index (χ0n) is 13.6. The van der Waals surface area contributed by atoms with E-state index in [-0.39, 0.29) is 17.1 Å². The summed E-state index contributed by atoms with van der Waals surface area (Å²) >= 11 is 5.21. The van der Waals surface area contributed by atoms with Gasteiger partial charge in [0, 0.05) is 10.3 Å². The zero-order chi connectivity index (χ0) is 16.3. The topological polar surface area (TPSA) is 18.5 Å². The van der Waals surface area contributed by atoms with Crippen molar-refractivity contribution in [3.63, 3.8) is 0 Å². The number of thiophene rings is 1. The van der Waals surface area contributed by atoms with Crippen LogP contribution in [0.25, 0.3) is 0 Å². The van der Waals surface area contributed by atoms with E-state index in [0.717, 1.165) is 10.2 Å². The largest absolute Gasteiger partial charge is 0.524 e. The van der Waals surface area contributed by atoms with Crippen LogP contribution in [-0.2, 0) is 14.7 Å². The maximum absolute atomic E-state index is 14.6. The molecule has 1 saturated heterocycles. The van der Waals surface area contributed by atoms with Gasteiger partial charge in [0.1, 0.15) is 5.73 Å². The van der Waals surface area contributed by atoms with Crippen LogP contribution < -0.4 is 0 Å². The number of rotatable bonds is 3. The Balaban J connectivity index is 1.72. The van der Waals surface area contributed by atoms with Crippen LogP contribution in [-0.4, -0.2) is 18.3 Å². The van der Waals surface area contributed by atoms with Crippen LogP contribution in [0.2, 0.25) is 0 Å². The first-order valence-electron chi connectivity index (χ1n) is 7.54. The van der Waals surface area contributed by atoms with Gasteiger partial charge in [-0.2, -0.15) is 0 Å². The molecule has 2 atom stereocenters. The lowest BCUT2D eigenvalue weighted by molar-refractivity contribution is 0.00578. The molecule has 2 aliphatic rings. The summed E-state index contributed by atoms with van der Waals surface area (Å²) in [4.78, 5) is 1.29. The molecule has 0 amide bonds. The molecular weight excluding hydrogens is 366 g/mol. The molecule has 0 aromatic carbocycles. The fourth-order valence-corrected chi connectivity index (χ4v) is 4.38. The predicted octanol–water partition coefficient (Wildman–Crippen LogP) is 5.27. The monoisotopic (exact) mass is 386 g/mol. The first kappa shape index (κ1) is 16.7. The highest BCUT2D eigenvalue weighted by molar-refractivity contribution is 9.11. The molecule has 0 radical (unpaired) electrons. The summed E-state index contributed by atoms with van der Waals surface area (Å²) in [6, 6.07) is 4.17. The Morgan fingerprint density at radius 2 is 1.86 bits per heavy atom. The lowest BCUT2D eigenvalue weighted by atomic mass is 9.86. The van der Waals surface area contributed by atoms with Crippen molar-refractivity contribution in [3.05, 3.63) is 32.6 Å². The van der Waals surface area contributed by atoms with Crippen molar-refractivity contribution in [1.29, 1.82) is 0 Å². The molecule has 6 heteroatoms. The van der Waals surface area contributed by atoms with Gasteiger partial charge in [0.05, 0.1) is 15.0 Å². The van der Waals surface area contributed by atoms with Crippen molar-refractivity contribution in [2.75, 3.05) is 0 Å². The third-order valence-electron chi connectivity index (χ3n) is 5.28. The first-order valence-corrected chi connectivity index (χ1v) is 9.15. The molecule has 1 aromatic rings. The molecule has 2 heterocycles. The van der Waals surface area contributed by atoms with Crippen LogP contribution in [0, 0.1) is 5.92 Å². The Morgan fingerprint density at radius 1 is 1.27 bits per heavy atom. The molecular formula is C16H21BBrFO2S. The van der Waals surface area contributed by atoms with Gasteiger partial charge in [0.15, 0.2) is 0 Å². The Kier molecular flexibility index (Phi) is 3.92. The maximum Gasteiger partial charge on any atom is 0.524 e. The van der Waals surface area contributed by atoms with Gasteiger partial charge in [0.2, 0.25) is 0 Å². The van der Waals surface area contributed by atoms with Crippen LogP contribution in [0.1, 0.15) is 45.9 Å². The molecule has 1 saturated carbocycles. The van der Waals surface area contributed by atoms with Gasteiger partial charge in [0.25, 0.3) is 0 Å². The second-order valence-electron chi connectivity index (χ2n) is 7.47. The molecule has 0 N–H and O–H groups in total. The predicted molar refractivity (Wildman–Crippen MR) is 92.8 cm³/mol. The van der Waals surface area contributed by atoms with Crippen LogP contribution in [0.5, 0.6) is 0 Å². The van der Waals surface area contributed by atoms with E-state index < -0.39 is 18.3 Å². The normalized spacial score (nSPS) is 33.3. The van der Waals surface area contributed by atoms with E-state index in [1.807, 2.05) is 27.7 Å². The molecule has 2 nitrogen and oxygen atoms in total. The van der Waals surface area contributed by atoms with E-state index in [9.17, 15) is 4.39 Å². The minimum atomic E-state index is -0.884. The highest BCUT2D eigenvalue weighted by Crippen LogP contribution is 2.57. The van der Waals surface area contributed by atoms with Crippen molar-refractivity contribution in [3.8, 4) is 0 Å². The van der Waals surface area contributed by atoms with E-state index in [1.54, 1.807) is 17.4 Å². The minimum Gasteiger partial charge on any atom is -0.398 e. The molecule has 1 aromatic heterocycles. The minimum absolute atomic E-state index is 0.0394. The van der Waals surface area contributed by atoms with E-state index >= 15 is 0 Å². The van der Waals surface area contributed by atoms with Crippen molar-refractivity contribution < 1.29 is 13.7 Å². The van der Waals surface area contributed by atoms with Gasteiger partial charge in [-0.15, -0.1) is 11.3 Å². The lowest BCUT2D eigenvalue weighted by Crippen LogP contribution is -2.41. The van der Waals surface area contributed by atoms with Crippen LogP contribution in [0.4, 0.5) is 4.39 Å². The van der Waals surface area contributed by atoms with Gasteiger partial charge < -0.3 is 9.31 Å². The number of hydrogen-bond donors (Lipinski definition) is 0. The van der Waals surface area contributed by atoms with Gasteiger partial charge >= 0.3 is 7.12 Å². The average Bonchev–Trinajstić information content (AvgIpc) is 2.75. The molecule has 2 unspecified atom stereocenters. The number of halogens is 2. The van der Waals surface area contributed by atoms with E-state index in [1.165, 1.54) is 4.88 Å². The van der Waals surface area contributed by atoms with E-state index in [4.69, 9.17) is 9.31 Å². The summed E-state index contributed by atoms with van der Waals surface area (Å²) in [6.07, 6.45) is 2.66. The molecule has 1 aliphatic heterocycles. The third kappa shape index (κ3) is 2.72. The maximum atomic E-state index is 14.6. The molecule has 0 bridgehead atoms. The fourth-order valence-electron chi connectivity index (χ4n) is 2.77. The number of hydrogen-bond acceptors (Lipinski definition) is 3. The number of allylic oxidation sites excluding steroid dienone is 1. The summed E-state index contributed by atoms with van der Waals surface area (Å²) in [7, 11) is -0.884. The Morgan fingerprint density at radius 3 is 2.36 bits per heavy atom. The summed E-state index contributed by atoms with van der Waals surface area (Å²) < 4.78 is 27.2. The van der Waals surface area contributed by atoms with E-state index in [0.29, 0.717) is 0 Å². The molecule has 22 heavy (non-hydrogen) atoms. The fraction of sp³-hybridized carbons (Fsp3) is 0.625. The van der Waals surface area contributed by atoms with Crippen molar-refractivity contribution in [2.24, 2.45) is 5.92 Å². The standard InChI is InChI=1S/C16H21BBrFO2S/c1-14(2)15(3,4)21-17(20-14)12(19)8-10-9-16(10,5)11-6-7-13(18)22-11/h6-8,10H,9H2,1-5H3. The Bertz CT molecular complexity index is 611. The smallest absolute Gasteiger partial charge is 0.398 e. The third-order valence-corrected chi connectivity index (χ3v) is 7.18. The average molecular weight is 387 g/mol. The van der Waals surface area contributed by atoms with Crippen LogP contribution in [0.3, 0.4) is 0 Å². The van der Waals surface area contributed by atoms with Crippen molar-refractivity contribution >= 4 is 34.4 Å². The summed E-state index contributed by atoms with van der Waals surface area (Å²) in [5, 5.41) is 0. The van der Waals surface area contributed by atoms with Crippen molar-refractivity contribution in [1.82, 2.24) is 0 Å². The SMILES string of the molecule is CC1(c2ccc(Br)s2)CC1C=C(F)B1OC(C)(C)C(C)(C)O1. The highest BCUT2D eigenvalue weighted by Gasteiger charge is 2.55. The summed E-state index contributed by atoms with van der Waals surface area (Å²) in [5.74, 6) is 0.206. The zero-order valence-corrected chi connectivity index (χ0v) is 16.0. The van der Waals surface area contributed by atoms with Crippen molar-refractivity contribution in [2.45, 2.75) is 57.7 Å². The molecule has 2 fully saturated rings. The molecule has 1 aliphatic carbocycles. The second-order valence-corrected chi connectivity index (χ2v) is 9.93. The second kappa shape index (κ2) is 5.17. The first-order chi connectivity index (χ1) is 10.1. The molecule has 120 valence electrons. The summed E-state index contributed by atoms with van der Waals surface area (Å²) in [5.41, 5.74) is -1.27. The molecule has 0 spiro atoms. The quantitative estimate of drug-likeness (QED) is 0.658. The lowest BCUT2D eigenvalue weighted by Gasteiger charge is -2.32. The Labute approximate surface area is 144 Å².